The first-order valence-corrected chi connectivity index (χ1v) is 7.67. The number of carbonyl (C=O) groups is 1. The molecule has 0 spiro atoms. The van der Waals surface area contributed by atoms with Crippen molar-refractivity contribution in [3.8, 4) is 11.5 Å². The third-order valence-electron chi connectivity index (χ3n) is 4.61. The summed E-state index contributed by atoms with van der Waals surface area (Å²) < 4.78 is 10.9. The monoisotopic (exact) mass is 311 g/mol. The Morgan fingerprint density at radius 3 is 2.52 bits per heavy atom. The van der Waals surface area contributed by atoms with Gasteiger partial charge in [-0.15, -0.1) is 0 Å². The number of ether oxygens (including phenoxy) is 2. The molecule has 4 heteroatoms. The Morgan fingerprint density at radius 2 is 1.83 bits per heavy atom. The third kappa shape index (κ3) is 2.65. The molecule has 0 bridgehead atoms. The smallest absolute Gasteiger partial charge is 0.225 e. The molecule has 1 atom stereocenters. The number of rotatable bonds is 3. The molecule has 0 saturated carbocycles. The van der Waals surface area contributed by atoms with E-state index in [-0.39, 0.29) is 11.8 Å². The fraction of sp³-hybridized carbons (Fsp3) is 0.316. The highest BCUT2D eigenvalue weighted by Gasteiger charge is 2.30. The molecular weight excluding hydrogens is 290 g/mol. The van der Waals surface area contributed by atoms with Crippen molar-refractivity contribution in [1.82, 2.24) is 0 Å². The van der Waals surface area contributed by atoms with Gasteiger partial charge < -0.3 is 14.8 Å². The lowest BCUT2D eigenvalue weighted by atomic mass is 9.82. The molecule has 0 unspecified atom stereocenters. The minimum Gasteiger partial charge on any atom is -0.497 e. The molecule has 1 aliphatic heterocycles. The molecule has 4 nitrogen and oxygen atoms in total. The number of hydrogen-bond donors (Lipinski definition) is 1. The van der Waals surface area contributed by atoms with Gasteiger partial charge in [0.05, 0.1) is 14.2 Å². The van der Waals surface area contributed by atoms with Crippen LogP contribution < -0.4 is 14.8 Å². The van der Waals surface area contributed by atoms with Crippen LogP contribution in [0.4, 0.5) is 5.69 Å². The Hall–Kier alpha value is -2.49. The minimum absolute atomic E-state index is 0.0288. The highest BCUT2D eigenvalue weighted by molar-refractivity contribution is 5.96. The molecule has 0 aromatic heterocycles. The Morgan fingerprint density at radius 1 is 1.04 bits per heavy atom. The molecule has 2 aromatic rings. The number of methoxy groups -OCH3 is 2. The van der Waals surface area contributed by atoms with Gasteiger partial charge in [-0.1, -0.05) is 12.1 Å². The zero-order valence-corrected chi connectivity index (χ0v) is 13.9. The van der Waals surface area contributed by atoms with Gasteiger partial charge in [0.2, 0.25) is 5.91 Å². The number of benzene rings is 2. The van der Waals surface area contributed by atoms with Crippen molar-refractivity contribution in [2.24, 2.45) is 0 Å². The van der Waals surface area contributed by atoms with Gasteiger partial charge in [-0.05, 0) is 48.7 Å². The summed E-state index contributed by atoms with van der Waals surface area (Å²) in [7, 11) is 3.29. The molecule has 0 fully saturated rings. The van der Waals surface area contributed by atoms with Crippen molar-refractivity contribution in [2.75, 3.05) is 19.5 Å². The van der Waals surface area contributed by atoms with Crippen LogP contribution in [-0.2, 0) is 4.79 Å². The van der Waals surface area contributed by atoms with Crippen molar-refractivity contribution in [3.05, 3.63) is 52.6 Å². The molecule has 2 aromatic carbocycles. The molecular formula is C19H21NO3. The van der Waals surface area contributed by atoms with Gasteiger partial charge in [0.1, 0.15) is 11.5 Å². The maximum atomic E-state index is 12.2. The van der Waals surface area contributed by atoms with Crippen LogP contribution in [0, 0.1) is 13.8 Å². The summed E-state index contributed by atoms with van der Waals surface area (Å²) in [6, 6.07) is 9.92. The van der Waals surface area contributed by atoms with E-state index in [0.717, 1.165) is 33.9 Å². The fourth-order valence-corrected chi connectivity index (χ4v) is 3.17. The second-order valence-electron chi connectivity index (χ2n) is 5.88. The first kappa shape index (κ1) is 15.4. The zero-order chi connectivity index (χ0) is 16.6. The maximum absolute atomic E-state index is 12.2. The molecule has 1 aliphatic rings. The van der Waals surface area contributed by atoms with E-state index in [9.17, 15) is 4.79 Å². The first-order chi connectivity index (χ1) is 11.0. The maximum Gasteiger partial charge on any atom is 0.225 e. The minimum atomic E-state index is -0.0388. The van der Waals surface area contributed by atoms with Gasteiger partial charge in [-0.3, -0.25) is 4.79 Å². The average molecular weight is 311 g/mol. The second-order valence-corrected chi connectivity index (χ2v) is 5.88. The number of amides is 1. The standard InChI is InChI=1S/C19H21NO3/c1-11-5-7-14-15(10-18(21)20-19(14)12(11)2)16-9-13(22-3)6-8-17(16)23-4/h5-9,15H,10H2,1-4H3,(H,20,21)/t15-/m0/s1. The van der Waals surface area contributed by atoms with E-state index < -0.39 is 0 Å². The number of nitrogens with one attached hydrogen (secondary N) is 1. The van der Waals surface area contributed by atoms with Crippen LogP contribution in [0.25, 0.3) is 0 Å². The molecule has 1 heterocycles. The lowest BCUT2D eigenvalue weighted by Crippen LogP contribution is -2.24. The molecule has 1 amide bonds. The third-order valence-corrected chi connectivity index (χ3v) is 4.61. The zero-order valence-electron chi connectivity index (χ0n) is 13.9. The largest absolute Gasteiger partial charge is 0.497 e. The van der Waals surface area contributed by atoms with Crippen LogP contribution in [0.1, 0.15) is 34.6 Å². The number of hydrogen-bond acceptors (Lipinski definition) is 3. The van der Waals surface area contributed by atoms with Gasteiger partial charge in [-0.2, -0.15) is 0 Å². The van der Waals surface area contributed by atoms with Gasteiger partial charge >= 0.3 is 0 Å². The van der Waals surface area contributed by atoms with Crippen LogP contribution in [0.5, 0.6) is 11.5 Å². The summed E-state index contributed by atoms with van der Waals surface area (Å²) in [4.78, 5) is 12.2. The first-order valence-electron chi connectivity index (χ1n) is 7.67. The van der Waals surface area contributed by atoms with Crippen LogP contribution in [0.2, 0.25) is 0 Å². The van der Waals surface area contributed by atoms with Gasteiger partial charge in [0.15, 0.2) is 0 Å². The molecule has 0 saturated heterocycles. The SMILES string of the molecule is COc1ccc(OC)c([C@H]2CC(=O)Nc3c2ccc(C)c3C)c1. The Labute approximate surface area is 136 Å². The molecule has 23 heavy (non-hydrogen) atoms. The van der Waals surface area contributed by atoms with E-state index in [4.69, 9.17) is 9.47 Å². The summed E-state index contributed by atoms with van der Waals surface area (Å²) in [6.45, 7) is 4.09. The second kappa shape index (κ2) is 5.95. The molecule has 1 N–H and O–H groups in total. The number of anilines is 1. The predicted octanol–water partition coefficient (Wildman–Crippen LogP) is 3.79. The summed E-state index contributed by atoms with van der Waals surface area (Å²) >= 11 is 0. The van der Waals surface area contributed by atoms with E-state index in [0.29, 0.717) is 6.42 Å². The van der Waals surface area contributed by atoms with Crippen LogP contribution >= 0.6 is 0 Å². The summed E-state index contributed by atoms with van der Waals surface area (Å²) in [5.41, 5.74) is 5.31. The Kier molecular flexibility index (Phi) is 3.99. The predicted molar refractivity (Wildman–Crippen MR) is 90.6 cm³/mol. The lowest BCUT2D eigenvalue weighted by Gasteiger charge is -2.29. The number of aryl methyl sites for hydroxylation is 1. The van der Waals surface area contributed by atoms with Gasteiger partial charge in [0.25, 0.3) is 0 Å². The molecule has 0 aliphatic carbocycles. The van der Waals surface area contributed by atoms with E-state index >= 15 is 0 Å². The van der Waals surface area contributed by atoms with E-state index in [2.05, 4.69) is 24.4 Å². The quantitative estimate of drug-likeness (QED) is 0.938. The van der Waals surface area contributed by atoms with E-state index in [1.165, 1.54) is 5.56 Å². The van der Waals surface area contributed by atoms with Gasteiger partial charge in [-0.25, -0.2) is 0 Å². The Balaban J connectivity index is 2.19. The van der Waals surface area contributed by atoms with Crippen LogP contribution in [-0.4, -0.2) is 20.1 Å². The average Bonchev–Trinajstić information content (AvgIpc) is 2.57. The van der Waals surface area contributed by atoms with E-state index in [1.54, 1.807) is 14.2 Å². The van der Waals surface area contributed by atoms with Crippen molar-refractivity contribution in [2.45, 2.75) is 26.2 Å². The van der Waals surface area contributed by atoms with E-state index in [1.807, 2.05) is 25.1 Å². The topological polar surface area (TPSA) is 47.6 Å². The summed E-state index contributed by atoms with van der Waals surface area (Å²) in [5.74, 6) is 1.52. The lowest BCUT2D eigenvalue weighted by molar-refractivity contribution is -0.116. The molecule has 120 valence electrons. The fourth-order valence-electron chi connectivity index (χ4n) is 3.17. The highest BCUT2D eigenvalue weighted by Crippen LogP contribution is 2.43. The highest BCUT2D eigenvalue weighted by atomic mass is 16.5. The number of carbonyl (C=O) groups excluding carboxylic acids is 1. The van der Waals surface area contributed by atoms with Crippen molar-refractivity contribution in [1.29, 1.82) is 0 Å². The Bertz CT molecular complexity index is 767. The van der Waals surface area contributed by atoms with Crippen molar-refractivity contribution in [3.63, 3.8) is 0 Å². The normalized spacial score (nSPS) is 16.5. The van der Waals surface area contributed by atoms with Gasteiger partial charge in [0, 0.05) is 23.6 Å². The van der Waals surface area contributed by atoms with Crippen LogP contribution in [0.15, 0.2) is 30.3 Å². The number of fused-ring (bicyclic) bond motifs is 1. The van der Waals surface area contributed by atoms with Crippen molar-refractivity contribution >= 4 is 11.6 Å². The summed E-state index contributed by atoms with van der Waals surface area (Å²) in [5, 5.41) is 3.02. The summed E-state index contributed by atoms with van der Waals surface area (Å²) in [6.07, 6.45) is 0.402. The molecule has 3 rings (SSSR count). The van der Waals surface area contributed by atoms with Crippen molar-refractivity contribution < 1.29 is 14.3 Å². The molecule has 0 radical (unpaired) electrons. The van der Waals surface area contributed by atoms with Crippen LogP contribution in [0.3, 0.4) is 0 Å².